The summed E-state index contributed by atoms with van der Waals surface area (Å²) in [6.45, 7) is 1.98. The molecular weight excluding hydrogens is 402 g/mol. The Labute approximate surface area is 178 Å². The van der Waals surface area contributed by atoms with Crippen molar-refractivity contribution in [2.75, 3.05) is 16.9 Å². The first-order valence-corrected chi connectivity index (χ1v) is 11.4. The number of thioether (sulfide) groups is 1. The van der Waals surface area contributed by atoms with Crippen LogP contribution in [0.5, 0.6) is 0 Å². The standard InChI is InChI=1S/C22H21N3O2S2/c1-13-7-9-14(10-8-13)20(26)25-22-24-19-15(11-12-18(19)29-22)21(27)23-16-5-3-4-6-17(16)28-2/h3-10,15H,11-12H2,1-2H3,(H,23,27)(H,24,25,26). The Hall–Kier alpha value is -2.64. The van der Waals surface area contributed by atoms with Gasteiger partial charge in [-0.25, -0.2) is 4.98 Å². The van der Waals surface area contributed by atoms with Crippen LogP contribution in [-0.2, 0) is 11.2 Å². The highest BCUT2D eigenvalue weighted by molar-refractivity contribution is 7.98. The lowest BCUT2D eigenvalue weighted by Crippen LogP contribution is -2.20. The summed E-state index contributed by atoms with van der Waals surface area (Å²) in [7, 11) is 0. The van der Waals surface area contributed by atoms with Crippen LogP contribution in [0.4, 0.5) is 10.8 Å². The molecule has 1 aliphatic rings. The lowest BCUT2D eigenvalue weighted by atomic mass is 10.1. The van der Waals surface area contributed by atoms with Crippen molar-refractivity contribution in [3.05, 3.63) is 70.2 Å². The molecule has 7 heteroatoms. The van der Waals surface area contributed by atoms with Gasteiger partial charge in [0, 0.05) is 15.3 Å². The molecular formula is C22H21N3O2S2. The minimum Gasteiger partial charge on any atom is -0.324 e. The van der Waals surface area contributed by atoms with E-state index >= 15 is 0 Å². The van der Waals surface area contributed by atoms with Gasteiger partial charge in [-0.1, -0.05) is 29.8 Å². The number of carbonyl (C=O) groups excluding carboxylic acids is 2. The van der Waals surface area contributed by atoms with E-state index < -0.39 is 0 Å². The average molecular weight is 424 g/mol. The molecule has 0 spiro atoms. The topological polar surface area (TPSA) is 71.1 Å². The highest BCUT2D eigenvalue weighted by Gasteiger charge is 2.33. The molecule has 0 saturated carbocycles. The third-order valence-corrected chi connectivity index (χ3v) is 6.78. The highest BCUT2D eigenvalue weighted by Crippen LogP contribution is 2.39. The monoisotopic (exact) mass is 423 g/mol. The third-order valence-electron chi connectivity index (χ3n) is 4.93. The fraction of sp³-hybridized carbons (Fsp3) is 0.227. The van der Waals surface area contributed by atoms with Crippen LogP contribution in [0.1, 0.15) is 38.8 Å². The number of hydrogen-bond donors (Lipinski definition) is 2. The molecule has 0 fully saturated rings. The van der Waals surface area contributed by atoms with Crippen molar-refractivity contribution < 1.29 is 9.59 Å². The summed E-state index contributed by atoms with van der Waals surface area (Å²) in [6, 6.07) is 15.2. The molecule has 0 saturated heterocycles. The van der Waals surface area contributed by atoms with Crippen molar-refractivity contribution in [1.29, 1.82) is 0 Å². The maximum Gasteiger partial charge on any atom is 0.257 e. The molecule has 2 N–H and O–H groups in total. The molecule has 3 aromatic rings. The minimum atomic E-state index is -0.291. The number of rotatable bonds is 5. The van der Waals surface area contributed by atoms with Crippen LogP contribution in [0.2, 0.25) is 0 Å². The summed E-state index contributed by atoms with van der Waals surface area (Å²) in [6.07, 6.45) is 3.53. The third kappa shape index (κ3) is 4.21. The molecule has 29 heavy (non-hydrogen) atoms. The van der Waals surface area contributed by atoms with Crippen LogP contribution in [0, 0.1) is 6.92 Å². The molecule has 2 amide bonds. The lowest BCUT2D eigenvalue weighted by molar-refractivity contribution is -0.117. The second-order valence-electron chi connectivity index (χ2n) is 6.93. The highest BCUT2D eigenvalue weighted by atomic mass is 32.2. The van der Waals surface area contributed by atoms with E-state index in [-0.39, 0.29) is 17.7 Å². The Morgan fingerprint density at radius 1 is 1.10 bits per heavy atom. The number of para-hydroxylation sites is 1. The Kier molecular flexibility index (Phi) is 5.69. The number of anilines is 2. The summed E-state index contributed by atoms with van der Waals surface area (Å²) in [4.78, 5) is 32.0. The predicted octanol–water partition coefficient (Wildman–Crippen LogP) is 5.09. The number of aromatic nitrogens is 1. The van der Waals surface area contributed by atoms with Gasteiger partial charge in [-0.3, -0.25) is 14.9 Å². The van der Waals surface area contributed by atoms with E-state index in [0.717, 1.165) is 39.6 Å². The fourth-order valence-corrected chi connectivity index (χ4v) is 4.96. The lowest BCUT2D eigenvalue weighted by Gasteiger charge is -2.13. The number of carbonyl (C=O) groups is 2. The minimum absolute atomic E-state index is 0.0491. The van der Waals surface area contributed by atoms with Crippen LogP contribution in [0.3, 0.4) is 0 Å². The van der Waals surface area contributed by atoms with Gasteiger partial charge in [-0.2, -0.15) is 0 Å². The maximum absolute atomic E-state index is 12.9. The van der Waals surface area contributed by atoms with Crippen LogP contribution in [0.25, 0.3) is 0 Å². The van der Waals surface area contributed by atoms with E-state index in [2.05, 4.69) is 15.6 Å². The number of amides is 2. The summed E-state index contributed by atoms with van der Waals surface area (Å²) >= 11 is 3.06. The smallest absolute Gasteiger partial charge is 0.257 e. The van der Waals surface area contributed by atoms with Gasteiger partial charge in [0.2, 0.25) is 5.91 Å². The van der Waals surface area contributed by atoms with E-state index in [1.807, 2.05) is 49.6 Å². The summed E-state index contributed by atoms with van der Waals surface area (Å²) < 4.78 is 0. The fourth-order valence-electron chi connectivity index (χ4n) is 3.38. The Balaban J connectivity index is 1.48. The van der Waals surface area contributed by atoms with Gasteiger partial charge in [-0.15, -0.1) is 23.1 Å². The molecule has 1 heterocycles. The van der Waals surface area contributed by atoms with E-state index in [9.17, 15) is 9.59 Å². The summed E-state index contributed by atoms with van der Waals surface area (Å²) in [5.74, 6) is -0.527. The molecule has 1 unspecified atom stereocenters. The quantitative estimate of drug-likeness (QED) is 0.561. The van der Waals surface area contributed by atoms with E-state index in [4.69, 9.17) is 0 Å². The van der Waals surface area contributed by atoms with Gasteiger partial charge in [-0.05, 0) is 50.3 Å². The number of fused-ring (bicyclic) bond motifs is 1. The number of nitrogens with one attached hydrogen (secondary N) is 2. The second-order valence-corrected chi connectivity index (χ2v) is 8.86. The molecule has 1 aromatic heterocycles. The SMILES string of the molecule is CSc1ccccc1NC(=O)C1CCc2sc(NC(=O)c3ccc(C)cc3)nc21. The maximum atomic E-state index is 12.9. The molecule has 0 bridgehead atoms. The van der Waals surface area contributed by atoms with Gasteiger partial charge >= 0.3 is 0 Å². The normalized spacial score (nSPS) is 15.0. The molecule has 1 aliphatic carbocycles. The van der Waals surface area contributed by atoms with Crippen LogP contribution in [-0.4, -0.2) is 23.1 Å². The first kappa shape index (κ1) is 19.7. The predicted molar refractivity (Wildman–Crippen MR) is 119 cm³/mol. The van der Waals surface area contributed by atoms with Gasteiger partial charge in [0.15, 0.2) is 5.13 Å². The molecule has 148 valence electrons. The number of nitrogens with zero attached hydrogens (tertiary/aromatic N) is 1. The number of thiazole rings is 1. The number of aryl methyl sites for hydroxylation is 2. The van der Waals surface area contributed by atoms with E-state index in [1.54, 1.807) is 23.9 Å². The van der Waals surface area contributed by atoms with Crippen LogP contribution >= 0.6 is 23.1 Å². The summed E-state index contributed by atoms with van der Waals surface area (Å²) in [5, 5.41) is 6.45. The second kappa shape index (κ2) is 8.39. The largest absolute Gasteiger partial charge is 0.324 e. The Morgan fingerprint density at radius 3 is 2.62 bits per heavy atom. The van der Waals surface area contributed by atoms with Crippen molar-refractivity contribution in [3.8, 4) is 0 Å². The molecule has 2 aromatic carbocycles. The van der Waals surface area contributed by atoms with Crippen molar-refractivity contribution in [1.82, 2.24) is 4.98 Å². The van der Waals surface area contributed by atoms with Crippen molar-refractivity contribution in [3.63, 3.8) is 0 Å². The zero-order valence-electron chi connectivity index (χ0n) is 16.2. The van der Waals surface area contributed by atoms with Gasteiger partial charge < -0.3 is 5.32 Å². The average Bonchev–Trinajstić information content (AvgIpc) is 3.29. The zero-order valence-corrected chi connectivity index (χ0v) is 17.8. The first-order valence-electron chi connectivity index (χ1n) is 9.36. The van der Waals surface area contributed by atoms with Gasteiger partial charge in [0.05, 0.1) is 17.3 Å². The molecule has 0 radical (unpaired) electrons. The Bertz CT molecular complexity index is 1060. The number of benzene rings is 2. The molecule has 4 rings (SSSR count). The molecule has 1 atom stereocenters. The van der Waals surface area contributed by atoms with Crippen molar-refractivity contribution in [2.24, 2.45) is 0 Å². The first-order chi connectivity index (χ1) is 14.0. The molecule has 5 nitrogen and oxygen atoms in total. The van der Waals surface area contributed by atoms with Crippen molar-refractivity contribution in [2.45, 2.75) is 30.6 Å². The van der Waals surface area contributed by atoms with Crippen molar-refractivity contribution >= 4 is 45.7 Å². The molecule has 0 aliphatic heterocycles. The van der Waals surface area contributed by atoms with Gasteiger partial charge in [0.25, 0.3) is 5.91 Å². The van der Waals surface area contributed by atoms with E-state index in [1.165, 1.54) is 11.3 Å². The summed E-state index contributed by atoms with van der Waals surface area (Å²) in [5.41, 5.74) is 3.30. The Morgan fingerprint density at radius 2 is 1.86 bits per heavy atom. The van der Waals surface area contributed by atoms with Gasteiger partial charge in [0.1, 0.15) is 0 Å². The number of hydrogen-bond acceptors (Lipinski definition) is 5. The zero-order chi connectivity index (χ0) is 20.4. The van der Waals surface area contributed by atoms with Crippen LogP contribution in [0.15, 0.2) is 53.4 Å². The van der Waals surface area contributed by atoms with E-state index in [0.29, 0.717) is 10.7 Å². The van der Waals surface area contributed by atoms with Crippen LogP contribution < -0.4 is 10.6 Å².